The molecule has 0 saturated heterocycles. The second-order valence-electron chi connectivity index (χ2n) is 5.08. The van der Waals surface area contributed by atoms with E-state index in [1.54, 1.807) is 0 Å². The van der Waals surface area contributed by atoms with Crippen molar-refractivity contribution in [1.82, 2.24) is 5.32 Å². The number of benzene rings is 1. The maximum absolute atomic E-state index is 11.8. The summed E-state index contributed by atoms with van der Waals surface area (Å²) in [6.45, 7) is 2.20. The van der Waals surface area contributed by atoms with Crippen LogP contribution in [-0.4, -0.2) is 18.0 Å². The normalized spacial score (nSPS) is 24.8. The largest absolute Gasteiger partial charge is 0.352 e. The number of carbonyl (C=O) groups is 1. The zero-order valence-electron chi connectivity index (χ0n) is 10.2. The molecule has 3 N–H and O–H groups in total. The van der Waals surface area contributed by atoms with E-state index in [0.29, 0.717) is 12.5 Å². The Labute approximate surface area is 102 Å². The van der Waals surface area contributed by atoms with Crippen LogP contribution in [0, 0.1) is 5.92 Å². The minimum absolute atomic E-state index is 0.0225. The Morgan fingerprint density at radius 3 is 2.65 bits per heavy atom. The molecule has 1 aromatic carbocycles. The van der Waals surface area contributed by atoms with Gasteiger partial charge in [0.25, 0.3) is 0 Å². The highest BCUT2D eigenvalue weighted by Crippen LogP contribution is 2.26. The highest BCUT2D eigenvalue weighted by molar-refractivity contribution is 5.82. The van der Waals surface area contributed by atoms with Crippen molar-refractivity contribution in [2.24, 2.45) is 11.7 Å². The minimum Gasteiger partial charge on any atom is -0.352 e. The first-order valence-electron chi connectivity index (χ1n) is 6.25. The van der Waals surface area contributed by atoms with Crippen molar-refractivity contribution in [2.75, 3.05) is 0 Å². The zero-order chi connectivity index (χ0) is 12.3. The minimum atomic E-state index is -0.437. The predicted molar refractivity (Wildman–Crippen MR) is 68.5 cm³/mol. The van der Waals surface area contributed by atoms with E-state index in [1.165, 1.54) is 0 Å². The Balaban J connectivity index is 1.79. The molecule has 0 unspecified atom stereocenters. The van der Waals surface area contributed by atoms with Gasteiger partial charge in [-0.25, -0.2) is 0 Å². The molecule has 3 nitrogen and oxygen atoms in total. The first-order chi connectivity index (χ1) is 8.15. The molecule has 1 saturated carbocycles. The molecule has 3 heteroatoms. The third-order valence-electron chi connectivity index (χ3n) is 3.36. The molecule has 1 fully saturated rings. The molecule has 17 heavy (non-hydrogen) atoms. The van der Waals surface area contributed by atoms with Crippen LogP contribution < -0.4 is 11.1 Å². The van der Waals surface area contributed by atoms with Gasteiger partial charge in [-0.3, -0.25) is 4.79 Å². The highest BCUT2D eigenvalue weighted by Gasteiger charge is 2.28. The lowest BCUT2D eigenvalue weighted by atomic mass is 9.82. The van der Waals surface area contributed by atoms with Gasteiger partial charge in [-0.2, -0.15) is 0 Å². The quantitative estimate of drug-likeness (QED) is 0.826. The van der Waals surface area contributed by atoms with Crippen LogP contribution in [0.5, 0.6) is 0 Å². The fourth-order valence-electron chi connectivity index (χ4n) is 2.29. The zero-order valence-corrected chi connectivity index (χ0v) is 10.2. The van der Waals surface area contributed by atoms with Gasteiger partial charge in [0.1, 0.15) is 0 Å². The summed E-state index contributed by atoms with van der Waals surface area (Å²) in [5, 5.41) is 3.00. The average Bonchev–Trinajstić information content (AvgIpc) is 2.28. The summed E-state index contributed by atoms with van der Waals surface area (Å²) in [5.74, 6) is 0.719. The molecule has 1 aliphatic rings. The maximum atomic E-state index is 11.8. The first kappa shape index (κ1) is 12.1. The summed E-state index contributed by atoms with van der Waals surface area (Å²) >= 11 is 0. The van der Waals surface area contributed by atoms with Crippen molar-refractivity contribution in [3.8, 4) is 0 Å². The molecule has 0 spiro atoms. The van der Waals surface area contributed by atoms with Gasteiger partial charge in [0.2, 0.25) is 5.91 Å². The topological polar surface area (TPSA) is 55.1 Å². The standard InChI is InChI=1S/C14H20N2O/c1-10-7-12(8-10)16-14(17)13(15)9-11-5-3-2-4-6-11/h2-6,10,12-13H,7-9,15H2,1H3,(H,16,17)/t10?,12?,13-/m1/s1. The fraction of sp³-hybridized carbons (Fsp3) is 0.500. The van der Waals surface area contributed by atoms with Crippen molar-refractivity contribution in [3.63, 3.8) is 0 Å². The van der Waals surface area contributed by atoms with Crippen LogP contribution in [0.15, 0.2) is 30.3 Å². The summed E-state index contributed by atoms with van der Waals surface area (Å²) in [5.41, 5.74) is 7.01. The molecule has 0 radical (unpaired) electrons. The number of nitrogens with one attached hydrogen (secondary N) is 1. The fourth-order valence-corrected chi connectivity index (χ4v) is 2.29. The molecular formula is C14H20N2O. The molecule has 0 aliphatic heterocycles. The van der Waals surface area contributed by atoms with E-state index in [2.05, 4.69) is 12.2 Å². The van der Waals surface area contributed by atoms with Crippen molar-refractivity contribution in [1.29, 1.82) is 0 Å². The summed E-state index contributed by atoms with van der Waals surface area (Å²) < 4.78 is 0. The number of hydrogen-bond donors (Lipinski definition) is 2. The molecule has 0 aromatic heterocycles. The van der Waals surface area contributed by atoms with Crippen LogP contribution in [0.4, 0.5) is 0 Å². The van der Waals surface area contributed by atoms with Crippen LogP contribution in [0.3, 0.4) is 0 Å². The van der Waals surface area contributed by atoms with E-state index in [1.807, 2.05) is 30.3 Å². The molecule has 1 amide bonds. The van der Waals surface area contributed by atoms with E-state index in [4.69, 9.17) is 5.73 Å². The summed E-state index contributed by atoms with van der Waals surface area (Å²) in [7, 11) is 0. The summed E-state index contributed by atoms with van der Waals surface area (Å²) in [6, 6.07) is 9.80. The third kappa shape index (κ3) is 3.30. The average molecular weight is 232 g/mol. The van der Waals surface area contributed by atoms with Gasteiger partial charge in [0.05, 0.1) is 6.04 Å². The highest BCUT2D eigenvalue weighted by atomic mass is 16.2. The Morgan fingerprint density at radius 1 is 1.41 bits per heavy atom. The molecule has 1 atom stereocenters. The second-order valence-corrected chi connectivity index (χ2v) is 5.08. The van der Waals surface area contributed by atoms with Crippen molar-refractivity contribution in [3.05, 3.63) is 35.9 Å². The van der Waals surface area contributed by atoms with Gasteiger partial charge >= 0.3 is 0 Å². The molecule has 2 rings (SSSR count). The number of amides is 1. The Hall–Kier alpha value is -1.35. The monoisotopic (exact) mass is 232 g/mol. The lowest BCUT2D eigenvalue weighted by Gasteiger charge is -2.34. The van der Waals surface area contributed by atoms with Crippen LogP contribution in [0.25, 0.3) is 0 Å². The summed E-state index contributed by atoms with van der Waals surface area (Å²) in [4.78, 5) is 11.8. The molecule has 92 valence electrons. The predicted octanol–water partition coefficient (Wildman–Crippen LogP) is 1.47. The van der Waals surface area contributed by atoms with Gasteiger partial charge in [-0.15, -0.1) is 0 Å². The Kier molecular flexibility index (Phi) is 3.79. The van der Waals surface area contributed by atoms with Crippen LogP contribution in [-0.2, 0) is 11.2 Å². The molecule has 0 heterocycles. The van der Waals surface area contributed by atoms with E-state index in [9.17, 15) is 4.79 Å². The smallest absolute Gasteiger partial charge is 0.237 e. The lowest BCUT2D eigenvalue weighted by molar-refractivity contribution is -0.123. The summed E-state index contributed by atoms with van der Waals surface area (Å²) in [6.07, 6.45) is 2.78. The Morgan fingerprint density at radius 2 is 2.06 bits per heavy atom. The lowest BCUT2D eigenvalue weighted by Crippen LogP contribution is -2.50. The van der Waals surface area contributed by atoms with Crippen LogP contribution in [0.1, 0.15) is 25.3 Å². The molecular weight excluding hydrogens is 212 g/mol. The van der Waals surface area contributed by atoms with E-state index in [0.717, 1.165) is 24.3 Å². The van der Waals surface area contributed by atoms with Gasteiger partial charge in [-0.1, -0.05) is 37.3 Å². The van der Waals surface area contributed by atoms with Gasteiger partial charge in [0.15, 0.2) is 0 Å². The number of rotatable bonds is 4. The Bertz CT molecular complexity index is 371. The van der Waals surface area contributed by atoms with Crippen LogP contribution in [0.2, 0.25) is 0 Å². The van der Waals surface area contributed by atoms with Crippen molar-refractivity contribution < 1.29 is 4.79 Å². The van der Waals surface area contributed by atoms with E-state index in [-0.39, 0.29) is 5.91 Å². The van der Waals surface area contributed by atoms with Crippen molar-refractivity contribution >= 4 is 5.91 Å². The molecule has 0 bridgehead atoms. The molecule has 1 aromatic rings. The van der Waals surface area contributed by atoms with Gasteiger partial charge in [0, 0.05) is 6.04 Å². The number of carbonyl (C=O) groups excluding carboxylic acids is 1. The maximum Gasteiger partial charge on any atom is 0.237 e. The first-order valence-corrected chi connectivity index (χ1v) is 6.25. The van der Waals surface area contributed by atoms with Gasteiger partial charge in [-0.05, 0) is 30.7 Å². The molecule has 1 aliphatic carbocycles. The van der Waals surface area contributed by atoms with Crippen LogP contribution >= 0.6 is 0 Å². The SMILES string of the molecule is CC1CC(NC(=O)[C@H](N)Cc2ccccc2)C1. The third-order valence-corrected chi connectivity index (χ3v) is 3.36. The van der Waals surface area contributed by atoms with Crippen molar-refractivity contribution in [2.45, 2.75) is 38.3 Å². The van der Waals surface area contributed by atoms with Gasteiger partial charge < -0.3 is 11.1 Å². The number of hydrogen-bond acceptors (Lipinski definition) is 2. The number of nitrogens with two attached hydrogens (primary N) is 1. The van der Waals surface area contributed by atoms with E-state index < -0.39 is 6.04 Å². The van der Waals surface area contributed by atoms with E-state index >= 15 is 0 Å². The second kappa shape index (κ2) is 5.32.